The van der Waals surface area contributed by atoms with Gasteiger partial charge in [0.1, 0.15) is 15.8 Å². The minimum absolute atomic E-state index is 0.220. The number of hydrogen-bond acceptors (Lipinski definition) is 7. The SMILES string of the molecule is CCOC(=O)N1CCc2c(sc(NC(=O)c3cccc(OC)c3)c2-c2nc3ccccc3s2)C1. The molecule has 0 spiro atoms. The van der Waals surface area contributed by atoms with E-state index in [2.05, 4.69) is 5.32 Å². The largest absolute Gasteiger partial charge is 0.497 e. The van der Waals surface area contributed by atoms with Crippen LogP contribution in [-0.2, 0) is 17.7 Å². The molecule has 0 aliphatic carbocycles. The Labute approximate surface area is 205 Å². The first-order chi connectivity index (χ1) is 16.6. The third-order valence-electron chi connectivity index (χ3n) is 5.65. The van der Waals surface area contributed by atoms with Crippen molar-refractivity contribution >= 4 is 49.9 Å². The van der Waals surface area contributed by atoms with Crippen LogP contribution in [0.2, 0.25) is 0 Å². The third-order valence-corrected chi connectivity index (χ3v) is 7.84. The molecule has 0 fully saturated rings. The van der Waals surface area contributed by atoms with Gasteiger partial charge in [0.15, 0.2) is 0 Å². The molecule has 0 saturated heterocycles. The van der Waals surface area contributed by atoms with E-state index in [-0.39, 0.29) is 12.0 Å². The minimum atomic E-state index is -0.315. The Morgan fingerprint density at radius 3 is 2.79 bits per heavy atom. The summed E-state index contributed by atoms with van der Waals surface area (Å²) in [7, 11) is 1.57. The van der Waals surface area contributed by atoms with Crippen molar-refractivity contribution < 1.29 is 19.1 Å². The first kappa shape index (κ1) is 22.4. The van der Waals surface area contributed by atoms with Crippen LogP contribution in [0.3, 0.4) is 0 Å². The van der Waals surface area contributed by atoms with E-state index < -0.39 is 0 Å². The van der Waals surface area contributed by atoms with Gasteiger partial charge in [0.25, 0.3) is 5.91 Å². The zero-order chi connectivity index (χ0) is 23.7. The number of thiazole rings is 1. The van der Waals surface area contributed by atoms with Crippen LogP contribution in [0, 0.1) is 0 Å². The summed E-state index contributed by atoms with van der Waals surface area (Å²) in [5.41, 5.74) is 3.51. The molecule has 2 aromatic carbocycles. The molecule has 3 heterocycles. The lowest BCUT2D eigenvalue weighted by Crippen LogP contribution is -2.35. The average molecular weight is 494 g/mol. The first-order valence-electron chi connectivity index (χ1n) is 10.9. The van der Waals surface area contributed by atoms with Gasteiger partial charge in [0.2, 0.25) is 0 Å². The number of anilines is 1. The van der Waals surface area contributed by atoms with Gasteiger partial charge in [-0.15, -0.1) is 22.7 Å². The van der Waals surface area contributed by atoms with Crippen molar-refractivity contribution in [2.45, 2.75) is 19.9 Å². The van der Waals surface area contributed by atoms with Crippen molar-refractivity contribution in [1.29, 1.82) is 0 Å². The van der Waals surface area contributed by atoms with E-state index in [1.54, 1.807) is 54.5 Å². The van der Waals surface area contributed by atoms with Gasteiger partial charge >= 0.3 is 6.09 Å². The van der Waals surface area contributed by atoms with Gasteiger partial charge in [-0.2, -0.15) is 0 Å². The number of nitrogens with zero attached hydrogens (tertiary/aromatic N) is 2. The molecule has 2 amide bonds. The van der Waals surface area contributed by atoms with E-state index in [1.807, 2.05) is 24.3 Å². The van der Waals surface area contributed by atoms with Gasteiger partial charge in [0.05, 0.1) is 30.5 Å². The highest BCUT2D eigenvalue weighted by molar-refractivity contribution is 7.23. The highest BCUT2D eigenvalue weighted by Crippen LogP contribution is 2.46. The number of methoxy groups -OCH3 is 1. The van der Waals surface area contributed by atoms with Crippen molar-refractivity contribution in [2.75, 3.05) is 25.6 Å². The number of para-hydroxylation sites is 1. The Balaban J connectivity index is 1.54. The smallest absolute Gasteiger partial charge is 0.410 e. The number of thiophene rings is 1. The predicted molar refractivity (Wildman–Crippen MR) is 135 cm³/mol. The summed E-state index contributed by atoms with van der Waals surface area (Å²) in [5.74, 6) is 0.400. The van der Waals surface area contributed by atoms with Crippen LogP contribution in [0.1, 0.15) is 27.7 Å². The van der Waals surface area contributed by atoms with Crippen LogP contribution in [0.15, 0.2) is 48.5 Å². The molecule has 174 valence electrons. The second kappa shape index (κ2) is 9.44. The van der Waals surface area contributed by atoms with Gasteiger partial charge < -0.3 is 19.7 Å². The normalized spacial score (nSPS) is 12.9. The van der Waals surface area contributed by atoms with Crippen molar-refractivity contribution in [1.82, 2.24) is 9.88 Å². The summed E-state index contributed by atoms with van der Waals surface area (Å²) >= 11 is 3.10. The van der Waals surface area contributed by atoms with Gasteiger partial charge in [-0.1, -0.05) is 18.2 Å². The average Bonchev–Trinajstić information content (AvgIpc) is 3.44. The number of aromatic nitrogens is 1. The zero-order valence-corrected chi connectivity index (χ0v) is 20.4. The summed E-state index contributed by atoms with van der Waals surface area (Å²) < 4.78 is 11.6. The monoisotopic (exact) mass is 493 g/mol. The summed E-state index contributed by atoms with van der Waals surface area (Å²) in [6.07, 6.45) is 0.357. The molecule has 34 heavy (non-hydrogen) atoms. The Kier molecular flexibility index (Phi) is 6.21. The number of hydrogen-bond donors (Lipinski definition) is 1. The Morgan fingerprint density at radius 2 is 2.00 bits per heavy atom. The number of carbonyl (C=O) groups excluding carboxylic acids is 2. The molecule has 5 rings (SSSR count). The maximum Gasteiger partial charge on any atom is 0.410 e. The summed E-state index contributed by atoms with van der Waals surface area (Å²) in [5, 5.41) is 4.71. The first-order valence-corrected chi connectivity index (χ1v) is 12.6. The third kappa shape index (κ3) is 4.24. The molecule has 0 saturated carbocycles. The lowest BCUT2D eigenvalue weighted by atomic mass is 10.0. The molecule has 0 atom stereocenters. The van der Waals surface area contributed by atoms with Crippen molar-refractivity contribution in [3.63, 3.8) is 0 Å². The number of nitrogens with one attached hydrogen (secondary N) is 1. The molecule has 0 unspecified atom stereocenters. The molecule has 9 heteroatoms. The van der Waals surface area contributed by atoms with Crippen LogP contribution >= 0.6 is 22.7 Å². The fraction of sp³-hybridized carbons (Fsp3) is 0.240. The number of benzene rings is 2. The number of amides is 2. The summed E-state index contributed by atoms with van der Waals surface area (Å²) in [4.78, 5) is 33.1. The van der Waals surface area contributed by atoms with E-state index in [0.29, 0.717) is 37.4 Å². The lowest BCUT2D eigenvalue weighted by molar-refractivity contribution is 0.102. The Morgan fingerprint density at radius 1 is 1.15 bits per heavy atom. The standard InChI is InChI=1S/C25H23N3O4S2/c1-3-32-25(30)28-12-11-17-20(14-28)34-24(27-22(29)15-7-6-8-16(13-15)31-2)21(17)23-26-18-9-4-5-10-19(18)33-23/h4-10,13H,3,11-12,14H2,1-2H3,(H,27,29). The zero-order valence-electron chi connectivity index (χ0n) is 18.8. The van der Waals surface area contributed by atoms with Gasteiger partial charge in [-0.3, -0.25) is 4.79 Å². The minimum Gasteiger partial charge on any atom is -0.497 e. The Bertz CT molecular complexity index is 1340. The molecule has 1 aliphatic heterocycles. The maximum atomic E-state index is 13.1. The maximum absolute atomic E-state index is 13.1. The van der Waals surface area contributed by atoms with E-state index in [4.69, 9.17) is 14.5 Å². The van der Waals surface area contributed by atoms with Gasteiger partial charge in [0, 0.05) is 22.5 Å². The van der Waals surface area contributed by atoms with Crippen LogP contribution in [0.5, 0.6) is 5.75 Å². The Hall–Kier alpha value is -3.43. The van der Waals surface area contributed by atoms with Crippen LogP contribution < -0.4 is 10.1 Å². The van der Waals surface area contributed by atoms with Gasteiger partial charge in [-0.05, 0) is 49.2 Å². The molecule has 0 bridgehead atoms. The van der Waals surface area contributed by atoms with Crippen molar-refractivity contribution in [3.05, 3.63) is 64.5 Å². The van der Waals surface area contributed by atoms with E-state index in [0.717, 1.165) is 36.2 Å². The molecule has 1 aliphatic rings. The van der Waals surface area contributed by atoms with Crippen molar-refractivity contribution in [3.8, 4) is 16.3 Å². The van der Waals surface area contributed by atoms with E-state index in [9.17, 15) is 9.59 Å². The van der Waals surface area contributed by atoms with Crippen LogP contribution in [0.25, 0.3) is 20.8 Å². The number of ether oxygens (including phenoxy) is 2. The fourth-order valence-corrected chi connectivity index (χ4v) is 6.38. The quantitative estimate of drug-likeness (QED) is 0.380. The summed E-state index contributed by atoms with van der Waals surface area (Å²) in [6, 6.07) is 15.1. The molecule has 1 N–H and O–H groups in total. The molecule has 2 aromatic heterocycles. The van der Waals surface area contributed by atoms with E-state index in [1.165, 1.54) is 11.3 Å². The highest BCUT2D eigenvalue weighted by Gasteiger charge is 2.30. The predicted octanol–water partition coefficient (Wildman–Crippen LogP) is 5.80. The topological polar surface area (TPSA) is 80.8 Å². The number of carbonyl (C=O) groups is 2. The second-order valence-electron chi connectivity index (χ2n) is 7.75. The molecular formula is C25H23N3O4S2. The van der Waals surface area contributed by atoms with Crippen LogP contribution in [0.4, 0.5) is 9.80 Å². The number of rotatable bonds is 5. The molecule has 0 radical (unpaired) electrons. The second-order valence-corrected chi connectivity index (χ2v) is 9.89. The molecule has 4 aromatic rings. The molecular weight excluding hydrogens is 470 g/mol. The fourth-order valence-electron chi connectivity index (χ4n) is 4.01. The van der Waals surface area contributed by atoms with Crippen LogP contribution in [-0.4, -0.2) is 42.1 Å². The molecule has 7 nitrogen and oxygen atoms in total. The van der Waals surface area contributed by atoms with Gasteiger partial charge in [-0.25, -0.2) is 9.78 Å². The lowest BCUT2D eigenvalue weighted by Gasteiger charge is -2.26. The van der Waals surface area contributed by atoms with E-state index >= 15 is 0 Å². The highest BCUT2D eigenvalue weighted by atomic mass is 32.1. The number of fused-ring (bicyclic) bond motifs is 2. The summed E-state index contributed by atoms with van der Waals surface area (Å²) in [6.45, 7) is 3.15. The van der Waals surface area contributed by atoms with Crippen molar-refractivity contribution in [2.24, 2.45) is 0 Å².